The molecule has 0 radical (unpaired) electrons. The molecule has 1 heterocycles. The standard InChI is InChI=1S/C13H22N2OS/c1-10(6-8-17-4)15(3)13-9-12(11(2)16)5-7-14-13/h5,7,9-11,16H,6,8H2,1-4H3/t10?,11-/m0/s1. The first-order chi connectivity index (χ1) is 8.06. The zero-order valence-corrected chi connectivity index (χ0v) is 11.9. The summed E-state index contributed by atoms with van der Waals surface area (Å²) < 4.78 is 0. The number of thioether (sulfide) groups is 1. The number of hydrogen-bond donors (Lipinski definition) is 1. The van der Waals surface area contributed by atoms with E-state index in [0.29, 0.717) is 6.04 Å². The fourth-order valence-corrected chi connectivity index (χ4v) is 2.17. The molecule has 2 atom stereocenters. The average molecular weight is 254 g/mol. The topological polar surface area (TPSA) is 36.4 Å². The lowest BCUT2D eigenvalue weighted by molar-refractivity contribution is 0.199. The Bertz CT molecular complexity index is 344. The summed E-state index contributed by atoms with van der Waals surface area (Å²) in [6.07, 6.45) is 4.58. The molecule has 0 bridgehead atoms. The Hall–Kier alpha value is -0.740. The molecular formula is C13H22N2OS. The first kappa shape index (κ1) is 14.3. The molecule has 0 saturated carbocycles. The monoisotopic (exact) mass is 254 g/mol. The number of aliphatic hydroxyl groups is 1. The zero-order chi connectivity index (χ0) is 12.8. The Kier molecular flexibility index (Phi) is 5.78. The van der Waals surface area contributed by atoms with Crippen LogP contribution in [0.2, 0.25) is 0 Å². The van der Waals surface area contributed by atoms with Crippen molar-refractivity contribution < 1.29 is 5.11 Å². The van der Waals surface area contributed by atoms with Gasteiger partial charge in [0.2, 0.25) is 0 Å². The second kappa shape index (κ2) is 6.87. The predicted octanol–water partition coefficient (Wildman–Crippen LogP) is 2.71. The fraction of sp³-hybridized carbons (Fsp3) is 0.615. The smallest absolute Gasteiger partial charge is 0.128 e. The second-order valence-electron chi connectivity index (χ2n) is 4.36. The van der Waals surface area contributed by atoms with E-state index in [1.807, 2.05) is 23.9 Å². The lowest BCUT2D eigenvalue weighted by Crippen LogP contribution is -2.30. The maximum absolute atomic E-state index is 9.56. The molecule has 0 fully saturated rings. The van der Waals surface area contributed by atoms with Crippen LogP contribution < -0.4 is 4.90 Å². The van der Waals surface area contributed by atoms with Crippen LogP contribution in [0.15, 0.2) is 18.3 Å². The molecule has 1 aromatic heterocycles. The molecule has 1 rings (SSSR count). The Morgan fingerprint density at radius 3 is 2.76 bits per heavy atom. The van der Waals surface area contributed by atoms with Gasteiger partial charge >= 0.3 is 0 Å². The van der Waals surface area contributed by atoms with Crippen LogP contribution in [0.3, 0.4) is 0 Å². The van der Waals surface area contributed by atoms with E-state index in [4.69, 9.17) is 0 Å². The van der Waals surface area contributed by atoms with Gasteiger partial charge in [0, 0.05) is 19.3 Å². The third-order valence-corrected chi connectivity index (χ3v) is 3.66. The molecule has 0 amide bonds. The van der Waals surface area contributed by atoms with E-state index in [9.17, 15) is 5.11 Å². The maximum Gasteiger partial charge on any atom is 0.128 e. The summed E-state index contributed by atoms with van der Waals surface area (Å²) in [7, 11) is 2.05. The van der Waals surface area contributed by atoms with Crippen LogP contribution in [-0.4, -0.2) is 35.2 Å². The molecule has 0 aromatic carbocycles. The zero-order valence-electron chi connectivity index (χ0n) is 11.1. The van der Waals surface area contributed by atoms with Gasteiger partial charge in [0.1, 0.15) is 5.82 Å². The van der Waals surface area contributed by atoms with Crippen molar-refractivity contribution in [2.45, 2.75) is 32.4 Å². The minimum atomic E-state index is -0.438. The highest BCUT2D eigenvalue weighted by molar-refractivity contribution is 7.98. The molecule has 1 aromatic rings. The highest BCUT2D eigenvalue weighted by Gasteiger charge is 2.12. The molecule has 0 spiro atoms. The van der Waals surface area contributed by atoms with Crippen molar-refractivity contribution in [2.24, 2.45) is 0 Å². The minimum absolute atomic E-state index is 0.438. The van der Waals surface area contributed by atoms with E-state index in [0.717, 1.165) is 23.6 Å². The van der Waals surface area contributed by atoms with Gasteiger partial charge in [0.05, 0.1) is 6.10 Å². The van der Waals surface area contributed by atoms with Crippen LogP contribution in [0.25, 0.3) is 0 Å². The molecule has 0 aliphatic rings. The molecule has 0 saturated heterocycles. The van der Waals surface area contributed by atoms with Gasteiger partial charge < -0.3 is 10.0 Å². The summed E-state index contributed by atoms with van der Waals surface area (Å²) in [5.74, 6) is 2.08. The van der Waals surface area contributed by atoms with Crippen LogP contribution >= 0.6 is 11.8 Å². The van der Waals surface area contributed by atoms with Crippen LogP contribution in [0, 0.1) is 0 Å². The lowest BCUT2D eigenvalue weighted by Gasteiger charge is -2.26. The number of pyridine rings is 1. The largest absolute Gasteiger partial charge is 0.389 e. The van der Waals surface area contributed by atoms with Gasteiger partial charge in [-0.05, 0) is 50.0 Å². The first-order valence-electron chi connectivity index (χ1n) is 5.92. The quantitative estimate of drug-likeness (QED) is 0.847. The van der Waals surface area contributed by atoms with Gasteiger partial charge in [-0.25, -0.2) is 4.98 Å². The molecule has 3 nitrogen and oxygen atoms in total. The summed E-state index contributed by atoms with van der Waals surface area (Å²) in [6, 6.07) is 4.27. The van der Waals surface area contributed by atoms with Crippen molar-refractivity contribution in [1.82, 2.24) is 4.98 Å². The van der Waals surface area contributed by atoms with Gasteiger partial charge in [-0.15, -0.1) is 0 Å². The molecule has 0 aliphatic heterocycles. The highest BCUT2D eigenvalue weighted by atomic mass is 32.2. The Balaban J connectivity index is 2.74. The first-order valence-corrected chi connectivity index (χ1v) is 7.31. The number of anilines is 1. The number of aromatic nitrogens is 1. The van der Waals surface area contributed by atoms with Crippen molar-refractivity contribution in [3.63, 3.8) is 0 Å². The highest BCUT2D eigenvalue weighted by Crippen LogP contribution is 2.19. The SMILES string of the molecule is CSCCC(C)N(C)c1cc([C@H](C)O)ccn1. The molecule has 96 valence electrons. The number of aliphatic hydroxyl groups excluding tert-OH is 1. The molecule has 0 aliphatic carbocycles. The third kappa shape index (κ3) is 4.21. The molecular weight excluding hydrogens is 232 g/mol. The van der Waals surface area contributed by atoms with Gasteiger partial charge in [-0.3, -0.25) is 0 Å². The van der Waals surface area contributed by atoms with E-state index >= 15 is 0 Å². The average Bonchev–Trinajstić information content (AvgIpc) is 2.35. The van der Waals surface area contributed by atoms with Crippen molar-refractivity contribution in [3.05, 3.63) is 23.9 Å². The van der Waals surface area contributed by atoms with Gasteiger partial charge in [-0.1, -0.05) is 0 Å². The molecule has 1 unspecified atom stereocenters. The Morgan fingerprint density at radius 2 is 2.18 bits per heavy atom. The van der Waals surface area contributed by atoms with E-state index in [2.05, 4.69) is 30.1 Å². The third-order valence-electron chi connectivity index (χ3n) is 3.01. The fourth-order valence-electron chi connectivity index (χ4n) is 1.59. The molecule has 1 N–H and O–H groups in total. The van der Waals surface area contributed by atoms with Gasteiger partial charge in [0.15, 0.2) is 0 Å². The summed E-state index contributed by atoms with van der Waals surface area (Å²) in [4.78, 5) is 6.53. The second-order valence-corrected chi connectivity index (χ2v) is 5.35. The predicted molar refractivity (Wildman–Crippen MR) is 75.7 cm³/mol. The maximum atomic E-state index is 9.56. The van der Waals surface area contributed by atoms with Crippen molar-refractivity contribution >= 4 is 17.6 Å². The van der Waals surface area contributed by atoms with Gasteiger partial charge in [0.25, 0.3) is 0 Å². The Morgan fingerprint density at radius 1 is 1.47 bits per heavy atom. The lowest BCUT2D eigenvalue weighted by atomic mass is 10.1. The minimum Gasteiger partial charge on any atom is -0.389 e. The Labute approximate surface area is 108 Å². The number of hydrogen-bond acceptors (Lipinski definition) is 4. The normalized spacial score (nSPS) is 14.4. The summed E-state index contributed by atoms with van der Waals surface area (Å²) in [5, 5.41) is 9.56. The number of nitrogens with zero attached hydrogens (tertiary/aromatic N) is 2. The van der Waals surface area contributed by atoms with E-state index in [1.54, 1.807) is 13.1 Å². The van der Waals surface area contributed by atoms with Crippen LogP contribution in [0.4, 0.5) is 5.82 Å². The number of rotatable bonds is 6. The van der Waals surface area contributed by atoms with Crippen LogP contribution in [0.5, 0.6) is 0 Å². The molecule has 4 heteroatoms. The van der Waals surface area contributed by atoms with Crippen molar-refractivity contribution in [3.8, 4) is 0 Å². The van der Waals surface area contributed by atoms with Crippen molar-refractivity contribution in [1.29, 1.82) is 0 Å². The van der Waals surface area contributed by atoms with E-state index in [1.165, 1.54) is 0 Å². The van der Waals surface area contributed by atoms with Gasteiger partial charge in [-0.2, -0.15) is 11.8 Å². The summed E-state index contributed by atoms with van der Waals surface area (Å²) in [6.45, 7) is 3.98. The van der Waals surface area contributed by atoms with Crippen molar-refractivity contribution in [2.75, 3.05) is 24.0 Å². The van der Waals surface area contributed by atoms with E-state index in [-0.39, 0.29) is 0 Å². The van der Waals surface area contributed by atoms with E-state index < -0.39 is 6.10 Å². The summed E-state index contributed by atoms with van der Waals surface area (Å²) >= 11 is 1.86. The molecule has 17 heavy (non-hydrogen) atoms. The summed E-state index contributed by atoms with van der Waals surface area (Å²) in [5.41, 5.74) is 0.916. The van der Waals surface area contributed by atoms with Crippen LogP contribution in [0.1, 0.15) is 31.9 Å². The van der Waals surface area contributed by atoms with Crippen LogP contribution in [-0.2, 0) is 0 Å².